The minimum Gasteiger partial charge on any atom is -0.376 e. The summed E-state index contributed by atoms with van der Waals surface area (Å²) < 4.78 is 14.2. The molecule has 0 fully saturated rings. The van der Waals surface area contributed by atoms with Gasteiger partial charge in [-0.2, -0.15) is 0 Å². The van der Waals surface area contributed by atoms with E-state index in [4.69, 9.17) is 0 Å². The Bertz CT molecular complexity index is 793. The summed E-state index contributed by atoms with van der Waals surface area (Å²) in [4.78, 5) is 8.50. The fraction of sp³-hybridized carbons (Fsp3) is 0.333. The van der Waals surface area contributed by atoms with Crippen molar-refractivity contribution in [1.29, 1.82) is 0 Å². The highest BCUT2D eigenvalue weighted by Crippen LogP contribution is 2.26. The SMILES string of the molecule is C=C(N[C@H](c1ncccc1F)C(C)C)c1ccc(C)c(C(C)=NC)c1. The van der Waals surface area contributed by atoms with Gasteiger partial charge in [0, 0.05) is 24.7 Å². The number of benzene rings is 1. The van der Waals surface area contributed by atoms with Gasteiger partial charge in [-0.15, -0.1) is 0 Å². The van der Waals surface area contributed by atoms with Crippen molar-refractivity contribution < 1.29 is 4.39 Å². The van der Waals surface area contributed by atoms with Gasteiger partial charge in [0.2, 0.25) is 0 Å². The molecule has 132 valence electrons. The maximum Gasteiger partial charge on any atom is 0.146 e. The smallest absolute Gasteiger partial charge is 0.146 e. The molecule has 0 bridgehead atoms. The average Bonchev–Trinajstić information content (AvgIpc) is 2.59. The third-order valence-electron chi connectivity index (χ3n) is 4.39. The molecule has 3 nitrogen and oxygen atoms in total. The Hall–Kier alpha value is -2.49. The molecule has 0 aliphatic carbocycles. The van der Waals surface area contributed by atoms with Crippen molar-refractivity contribution in [3.63, 3.8) is 0 Å². The number of hydrogen-bond donors (Lipinski definition) is 1. The van der Waals surface area contributed by atoms with E-state index in [2.05, 4.69) is 40.9 Å². The normalized spacial score (nSPS) is 13.0. The van der Waals surface area contributed by atoms with Crippen LogP contribution in [-0.4, -0.2) is 17.7 Å². The number of rotatable bonds is 6. The van der Waals surface area contributed by atoms with Crippen molar-refractivity contribution in [1.82, 2.24) is 10.3 Å². The third-order valence-corrected chi connectivity index (χ3v) is 4.39. The number of nitrogens with one attached hydrogen (secondary N) is 1. The average molecular weight is 339 g/mol. The standard InChI is InChI=1S/C21H26FN3/c1-13(2)20(21-19(22)8-7-11-24-21)25-15(4)17-10-9-14(3)18(12-17)16(5)23-6/h7-13,20,25H,4H2,1-3,5-6H3/t20-/m0/s1. The van der Waals surface area contributed by atoms with E-state index in [1.165, 1.54) is 6.07 Å². The van der Waals surface area contributed by atoms with Gasteiger partial charge in [-0.05, 0) is 54.7 Å². The summed E-state index contributed by atoms with van der Waals surface area (Å²) >= 11 is 0. The first-order chi connectivity index (χ1) is 11.8. The van der Waals surface area contributed by atoms with Gasteiger partial charge in [-0.25, -0.2) is 4.39 Å². The topological polar surface area (TPSA) is 37.3 Å². The Morgan fingerprint density at radius 2 is 2.00 bits per heavy atom. The predicted molar refractivity (Wildman–Crippen MR) is 103 cm³/mol. The van der Waals surface area contributed by atoms with Crippen LogP contribution in [0.25, 0.3) is 5.70 Å². The molecule has 0 aliphatic heterocycles. The first kappa shape index (κ1) is 18.8. The van der Waals surface area contributed by atoms with Crippen molar-refractivity contribution in [2.75, 3.05) is 7.05 Å². The van der Waals surface area contributed by atoms with Crippen molar-refractivity contribution in [3.05, 3.63) is 71.3 Å². The molecular formula is C21H26FN3. The molecule has 1 aromatic carbocycles. The lowest BCUT2D eigenvalue weighted by molar-refractivity contribution is 0.431. The lowest BCUT2D eigenvalue weighted by Gasteiger charge is -2.25. The maximum absolute atomic E-state index is 14.2. The van der Waals surface area contributed by atoms with Crippen LogP contribution in [0.2, 0.25) is 0 Å². The van der Waals surface area contributed by atoms with Crippen LogP contribution in [0.5, 0.6) is 0 Å². The summed E-state index contributed by atoms with van der Waals surface area (Å²) in [6, 6.07) is 8.93. The maximum atomic E-state index is 14.2. The molecular weight excluding hydrogens is 313 g/mol. The van der Waals surface area contributed by atoms with Gasteiger partial charge >= 0.3 is 0 Å². The molecule has 1 aromatic heterocycles. The van der Waals surface area contributed by atoms with Crippen LogP contribution in [0.3, 0.4) is 0 Å². The number of hydrogen-bond acceptors (Lipinski definition) is 3. The molecule has 2 aromatic rings. The molecule has 1 heterocycles. The van der Waals surface area contributed by atoms with Crippen LogP contribution in [0.4, 0.5) is 4.39 Å². The Morgan fingerprint density at radius 1 is 1.28 bits per heavy atom. The molecule has 2 rings (SSSR count). The molecule has 0 amide bonds. The van der Waals surface area contributed by atoms with Gasteiger partial charge in [-0.1, -0.05) is 32.6 Å². The van der Waals surface area contributed by atoms with Crippen molar-refractivity contribution in [3.8, 4) is 0 Å². The fourth-order valence-electron chi connectivity index (χ4n) is 2.77. The number of aromatic nitrogens is 1. The van der Waals surface area contributed by atoms with Crippen LogP contribution in [0.15, 0.2) is 48.1 Å². The summed E-state index contributed by atoms with van der Waals surface area (Å²) in [5.74, 6) is -0.148. The second-order valence-corrected chi connectivity index (χ2v) is 6.55. The number of pyridine rings is 1. The van der Waals surface area contributed by atoms with Crippen LogP contribution in [-0.2, 0) is 0 Å². The molecule has 0 saturated carbocycles. The van der Waals surface area contributed by atoms with Gasteiger partial charge in [0.15, 0.2) is 0 Å². The molecule has 1 atom stereocenters. The minimum absolute atomic E-state index is 0.157. The number of halogens is 1. The Kier molecular flexibility index (Phi) is 6.07. The zero-order valence-corrected chi connectivity index (χ0v) is 15.6. The minimum atomic E-state index is -0.306. The van der Waals surface area contributed by atoms with Crippen molar-refractivity contribution in [2.24, 2.45) is 10.9 Å². The lowest BCUT2D eigenvalue weighted by Crippen LogP contribution is -2.26. The predicted octanol–water partition coefficient (Wildman–Crippen LogP) is 4.93. The van der Waals surface area contributed by atoms with Gasteiger partial charge in [0.1, 0.15) is 5.82 Å². The van der Waals surface area contributed by atoms with Crippen LogP contribution in [0, 0.1) is 18.7 Å². The highest BCUT2D eigenvalue weighted by Gasteiger charge is 2.21. The summed E-state index contributed by atoms with van der Waals surface area (Å²) in [7, 11) is 1.78. The first-order valence-corrected chi connectivity index (χ1v) is 8.45. The largest absolute Gasteiger partial charge is 0.376 e. The van der Waals surface area contributed by atoms with E-state index in [0.29, 0.717) is 5.69 Å². The number of aliphatic imine (C=N–C) groups is 1. The molecule has 25 heavy (non-hydrogen) atoms. The summed E-state index contributed by atoms with van der Waals surface area (Å²) in [5.41, 5.74) is 5.35. The van der Waals surface area contributed by atoms with E-state index in [9.17, 15) is 4.39 Å². The fourth-order valence-corrected chi connectivity index (χ4v) is 2.77. The van der Waals surface area contributed by atoms with Gasteiger partial charge in [0.05, 0.1) is 11.7 Å². The summed E-state index contributed by atoms with van der Waals surface area (Å²) in [5, 5.41) is 3.36. The highest BCUT2D eigenvalue weighted by atomic mass is 19.1. The van der Waals surface area contributed by atoms with E-state index in [-0.39, 0.29) is 17.8 Å². The quantitative estimate of drug-likeness (QED) is 0.758. The Labute approximate surface area is 149 Å². The summed E-state index contributed by atoms with van der Waals surface area (Å²) in [6.45, 7) is 12.3. The monoisotopic (exact) mass is 339 g/mol. The molecule has 1 N–H and O–H groups in total. The van der Waals surface area contributed by atoms with E-state index >= 15 is 0 Å². The van der Waals surface area contributed by atoms with Crippen molar-refractivity contribution >= 4 is 11.4 Å². The van der Waals surface area contributed by atoms with Crippen LogP contribution < -0.4 is 5.32 Å². The molecule has 0 radical (unpaired) electrons. The van der Waals surface area contributed by atoms with Crippen LogP contribution in [0.1, 0.15) is 49.2 Å². The van der Waals surface area contributed by atoms with Gasteiger partial charge < -0.3 is 5.32 Å². The van der Waals surface area contributed by atoms with E-state index in [0.717, 1.165) is 28.1 Å². The molecule has 4 heteroatoms. The highest BCUT2D eigenvalue weighted by molar-refractivity contribution is 6.00. The van der Waals surface area contributed by atoms with E-state index < -0.39 is 0 Å². The zero-order chi connectivity index (χ0) is 18.6. The Morgan fingerprint density at radius 3 is 2.60 bits per heavy atom. The van der Waals surface area contributed by atoms with Crippen LogP contribution >= 0.6 is 0 Å². The van der Waals surface area contributed by atoms with E-state index in [1.54, 1.807) is 19.3 Å². The van der Waals surface area contributed by atoms with Gasteiger partial charge in [-0.3, -0.25) is 9.98 Å². The van der Waals surface area contributed by atoms with Crippen molar-refractivity contribution in [2.45, 2.75) is 33.7 Å². The molecule has 0 aliphatic rings. The lowest BCUT2D eigenvalue weighted by atomic mass is 9.97. The van der Waals surface area contributed by atoms with E-state index in [1.807, 2.05) is 26.8 Å². The second-order valence-electron chi connectivity index (χ2n) is 6.55. The third kappa shape index (κ3) is 4.32. The molecule has 0 unspecified atom stereocenters. The van der Waals surface area contributed by atoms with Gasteiger partial charge in [0.25, 0.3) is 0 Å². The zero-order valence-electron chi connectivity index (χ0n) is 15.6. The summed E-state index contributed by atoms with van der Waals surface area (Å²) in [6.07, 6.45) is 1.61. The second kappa shape index (κ2) is 8.06. The first-order valence-electron chi connectivity index (χ1n) is 8.45. The molecule has 0 saturated heterocycles. The molecule has 0 spiro atoms. The number of aryl methyl sites for hydroxylation is 1. The Balaban J connectivity index is 2.33. The number of nitrogens with zero attached hydrogens (tertiary/aromatic N) is 2.